The number of amides is 2. The van der Waals surface area contributed by atoms with E-state index in [1.165, 1.54) is 0 Å². The van der Waals surface area contributed by atoms with Crippen LogP contribution in [-0.2, 0) is 4.79 Å². The van der Waals surface area contributed by atoms with E-state index >= 15 is 0 Å². The molecule has 2 aromatic carbocycles. The van der Waals surface area contributed by atoms with Crippen molar-refractivity contribution < 1.29 is 14.3 Å². The van der Waals surface area contributed by atoms with Crippen molar-refractivity contribution in [2.24, 2.45) is 5.92 Å². The van der Waals surface area contributed by atoms with Gasteiger partial charge in [-0.2, -0.15) is 0 Å². The summed E-state index contributed by atoms with van der Waals surface area (Å²) in [6.07, 6.45) is 1.37. The molecular weight excluding hydrogens is 458 g/mol. The number of methoxy groups -OCH3 is 1. The minimum atomic E-state index is -0.0624. The zero-order valence-corrected chi connectivity index (χ0v) is 19.9. The van der Waals surface area contributed by atoms with Crippen LogP contribution in [0.5, 0.6) is 5.75 Å². The van der Waals surface area contributed by atoms with Gasteiger partial charge in [0, 0.05) is 35.6 Å². The summed E-state index contributed by atoms with van der Waals surface area (Å²) < 4.78 is 6.18. The summed E-state index contributed by atoms with van der Waals surface area (Å²) in [6, 6.07) is 15.4. The van der Waals surface area contributed by atoms with Crippen LogP contribution in [0.25, 0.3) is 0 Å². The second kappa shape index (κ2) is 10.8. The van der Waals surface area contributed by atoms with Crippen LogP contribution in [0, 0.1) is 5.92 Å². The number of ether oxygens (including phenoxy) is 1. The van der Waals surface area contributed by atoms with Gasteiger partial charge in [0.15, 0.2) is 0 Å². The lowest BCUT2D eigenvalue weighted by molar-refractivity contribution is -0.126. The number of carbonyl (C=O) groups is 2. The van der Waals surface area contributed by atoms with Crippen LogP contribution in [0.1, 0.15) is 34.8 Å². The van der Waals surface area contributed by atoms with Gasteiger partial charge in [-0.3, -0.25) is 9.59 Å². The van der Waals surface area contributed by atoms with Crippen LogP contribution in [0.3, 0.4) is 0 Å². The van der Waals surface area contributed by atoms with Crippen LogP contribution in [0.4, 0.5) is 0 Å². The predicted octanol–water partition coefficient (Wildman–Crippen LogP) is 3.73. The third-order valence-electron chi connectivity index (χ3n) is 5.84. The highest BCUT2D eigenvalue weighted by molar-refractivity contribution is 9.10. The van der Waals surface area contributed by atoms with Crippen molar-refractivity contribution in [3.8, 4) is 5.75 Å². The number of benzene rings is 2. The van der Waals surface area contributed by atoms with E-state index in [0.717, 1.165) is 15.8 Å². The molecule has 0 aliphatic carbocycles. The molecule has 2 aromatic rings. The summed E-state index contributed by atoms with van der Waals surface area (Å²) in [5, 5.41) is 3.12. The lowest BCUT2D eigenvalue weighted by Gasteiger charge is -2.32. The van der Waals surface area contributed by atoms with Gasteiger partial charge in [-0.1, -0.05) is 28.1 Å². The molecule has 1 N–H and O–H groups in total. The van der Waals surface area contributed by atoms with Gasteiger partial charge < -0.3 is 19.9 Å². The van der Waals surface area contributed by atoms with Crippen LogP contribution in [0.15, 0.2) is 53.0 Å². The van der Waals surface area contributed by atoms with E-state index in [1.54, 1.807) is 7.11 Å². The van der Waals surface area contributed by atoms with Crippen LogP contribution < -0.4 is 10.1 Å². The Labute approximate surface area is 192 Å². The van der Waals surface area contributed by atoms with E-state index in [9.17, 15) is 9.59 Å². The molecule has 2 amide bonds. The molecule has 1 fully saturated rings. The number of rotatable bonds is 7. The largest absolute Gasteiger partial charge is 0.497 e. The zero-order valence-electron chi connectivity index (χ0n) is 18.3. The molecule has 0 aromatic heterocycles. The van der Waals surface area contributed by atoms with Gasteiger partial charge in [0.2, 0.25) is 5.91 Å². The third-order valence-corrected chi connectivity index (χ3v) is 6.37. The number of nitrogens with one attached hydrogen (secondary N) is 1. The first-order valence-corrected chi connectivity index (χ1v) is 11.3. The SMILES string of the molecule is COc1ccc([C@H](CNC(=O)C2CCN(C(=O)c3ccc(Br)cc3)CC2)N(C)C)cc1. The standard InChI is InChI=1S/C24H30BrN3O3/c1-27(2)22(17-6-10-21(31-3)11-7-17)16-26-23(29)18-12-14-28(15-13-18)24(30)19-4-8-20(25)9-5-19/h4-11,18,22H,12-16H2,1-3H3,(H,26,29)/t22-/m0/s1. The zero-order chi connectivity index (χ0) is 22.4. The van der Waals surface area contributed by atoms with Crippen molar-refractivity contribution >= 4 is 27.7 Å². The Morgan fingerprint density at radius 3 is 2.26 bits per heavy atom. The van der Waals surface area contributed by atoms with Crippen molar-refractivity contribution in [2.75, 3.05) is 40.8 Å². The first-order chi connectivity index (χ1) is 14.9. The monoisotopic (exact) mass is 487 g/mol. The maximum atomic E-state index is 12.8. The van der Waals surface area contributed by atoms with Crippen LogP contribution in [0.2, 0.25) is 0 Å². The number of halogens is 1. The molecule has 0 spiro atoms. The van der Waals surface area contributed by atoms with Crippen LogP contribution in [-0.4, -0.2) is 62.5 Å². The lowest BCUT2D eigenvalue weighted by atomic mass is 9.95. The highest BCUT2D eigenvalue weighted by atomic mass is 79.9. The van der Waals surface area contributed by atoms with Gasteiger partial charge in [0.1, 0.15) is 5.75 Å². The predicted molar refractivity (Wildman–Crippen MR) is 125 cm³/mol. The Morgan fingerprint density at radius 2 is 1.71 bits per heavy atom. The first kappa shape index (κ1) is 23.3. The highest BCUT2D eigenvalue weighted by Gasteiger charge is 2.28. The maximum Gasteiger partial charge on any atom is 0.253 e. The second-order valence-corrected chi connectivity index (χ2v) is 8.99. The third kappa shape index (κ3) is 6.08. The van der Waals surface area contributed by atoms with E-state index in [2.05, 4.69) is 26.1 Å². The summed E-state index contributed by atoms with van der Waals surface area (Å²) in [7, 11) is 5.66. The molecule has 1 heterocycles. The molecule has 166 valence electrons. The topological polar surface area (TPSA) is 61.9 Å². The average molecular weight is 488 g/mol. The minimum Gasteiger partial charge on any atom is -0.497 e. The van der Waals surface area contributed by atoms with Crippen molar-refractivity contribution in [3.05, 3.63) is 64.1 Å². The Hall–Kier alpha value is -2.38. The number of likely N-dealkylation sites (N-methyl/N-ethyl adjacent to an activating group) is 1. The molecule has 7 heteroatoms. The molecular formula is C24H30BrN3O3. The molecule has 1 saturated heterocycles. The Kier molecular flexibility index (Phi) is 8.09. The summed E-state index contributed by atoms with van der Waals surface area (Å²) in [5.74, 6) is 0.844. The summed E-state index contributed by atoms with van der Waals surface area (Å²) in [6.45, 7) is 1.74. The Morgan fingerprint density at radius 1 is 1.10 bits per heavy atom. The van der Waals surface area contributed by atoms with E-state index in [1.807, 2.05) is 67.5 Å². The number of likely N-dealkylation sites (tertiary alicyclic amines) is 1. The fourth-order valence-corrected chi connectivity index (χ4v) is 4.15. The van der Waals surface area contributed by atoms with E-state index in [-0.39, 0.29) is 23.8 Å². The number of hydrogen-bond acceptors (Lipinski definition) is 4. The maximum absolute atomic E-state index is 12.8. The van der Waals surface area contributed by atoms with E-state index < -0.39 is 0 Å². The van der Waals surface area contributed by atoms with Gasteiger partial charge in [-0.05, 0) is 68.9 Å². The molecule has 6 nitrogen and oxygen atoms in total. The quantitative estimate of drug-likeness (QED) is 0.646. The fraction of sp³-hybridized carbons (Fsp3) is 0.417. The first-order valence-electron chi connectivity index (χ1n) is 10.5. The number of nitrogens with zero attached hydrogens (tertiary/aromatic N) is 2. The summed E-state index contributed by atoms with van der Waals surface area (Å²) in [5.41, 5.74) is 1.81. The molecule has 0 saturated carbocycles. The normalized spacial score (nSPS) is 15.6. The Balaban J connectivity index is 1.51. The van der Waals surface area contributed by atoms with Gasteiger partial charge in [-0.15, -0.1) is 0 Å². The molecule has 3 rings (SSSR count). The van der Waals surface area contributed by atoms with Crippen molar-refractivity contribution in [2.45, 2.75) is 18.9 Å². The molecule has 1 aliphatic heterocycles. The van der Waals surface area contributed by atoms with Crippen molar-refractivity contribution in [1.82, 2.24) is 15.1 Å². The molecule has 1 aliphatic rings. The lowest BCUT2D eigenvalue weighted by Crippen LogP contribution is -2.44. The van der Waals surface area contributed by atoms with Crippen molar-refractivity contribution in [3.63, 3.8) is 0 Å². The van der Waals surface area contributed by atoms with Gasteiger partial charge in [0.25, 0.3) is 5.91 Å². The molecule has 31 heavy (non-hydrogen) atoms. The molecule has 0 radical (unpaired) electrons. The van der Waals surface area contributed by atoms with Crippen molar-refractivity contribution in [1.29, 1.82) is 0 Å². The van der Waals surface area contributed by atoms with Gasteiger partial charge in [-0.25, -0.2) is 0 Å². The molecule has 1 atom stereocenters. The smallest absolute Gasteiger partial charge is 0.253 e. The van der Waals surface area contributed by atoms with E-state index in [0.29, 0.717) is 38.0 Å². The number of hydrogen-bond donors (Lipinski definition) is 1. The summed E-state index contributed by atoms with van der Waals surface area (Å²) >= 11 is 3.39. The summed E-state index contributed by atoms with van der Waals surface area (Å²) in [4.78, 5) is 29.4. The fourth-order valence-electron chi connectivity index (χ4n) is 3.89. The van der Waals surface area contributed by atoms with E-state index in [4.69, 9.17) is 4.74 Å². The second-order valence-electron chi connectivity index (χ2n) is 8.07. The van der Waals surface area contributed by atoms with Gasteiger partial charge in [0.05, 0.1) is 13.2 Å². The molecule has 0 unspecified atom stereocenters. The Bertz CT molecular complexity index is 876. The van der Waals surface area contributed by atoms with Crippen LogP contribution >= 0.6 is 15.9 Å². The average Bonchev–Trinajstić information content (AvgIpc) is 2.79. The molecule has 0 bridgehead atoms. The van der Waals surface area contributed by atoms with Gasteiger partial charge >= 0.3 is 0 Å². The highest BCUT2D eigenvalue weighted by Crippen LogP contribution is 2.23. The number of carbonyl (C=O) groups excluding carboxylic acids is 2. The minimum absolute atomic E-state index is 0.0264. The number of piperidine rings is 1.